The van der Waals surface area contributed by atoms with Crippen LogP contribution in [0, 0.1) is 17.2 Å². The molecule has 2 heterocycles. The third-order valence-corrected chi connectivity index (χ3v) is 3.46. The molecule has 1 aromatic heterocycles. The summed E-state index contributed by atoms with van der Waals surface area (Å²) in [6.07, 6.45) is 1.33. The summed E-state index contributed by atoms with van der Waals surface area (Å²) < 4.78 is 10.9. The van der Waals surface area contributed by atoms with Crippen LogP contribution in [-0.4, -0.2) is 16.7 Å². The predicted molar refractivity (Wildman–Crippen MR) is 71.2 cm³/mol. The Morgan fingerprint density at radius 1 is 1.45 bits per heavy atom. The summed E-state index contributed by atoms with van der Waals surface area (Å²) in [5.41, 5.74) is 1.10. The highest BCUT2D eigenvalue weighted by atomic mass is 16.5. The number of rotatable bonds is 3. The second-order valence-electron chi connectivity index (χ2n) is 5.01. The lowest BCUT2D eigenvalue weighted by molar-refractivity contribution is 0.272. The molecular formula is C15H15N3O2. The monoisotopic (exact) mass is 269 g/mol. The standard InChI is InChI=1S/C15H15N3O2/c1-10(9-16)8-14-17-15(18-20-14)12-6-7-19-13-5-3-2-4-11(12)13/h2-5,10,12H,6-8H2,1H3. The summed E-state index contributed by atoms with van der Waals surface area (Å²) in [4.78, 5) is 4.44. The highest BCUT2D eigenvalue weighted by Gasteiger charge is 2.27. The van der Waals surface area contributed by atoms with Crippen molar-refractivity contribution >= 4 is 0 Å². The van der Waals surface area contributed by atoms with Crippen LogP contribution >= 0.6 is 0 Å². The van der Waals surface area contributed by atoms with Gasteiger partial charge in [-0.05, 0) is 19.4 Å². The van der Waals surface area contributed by atoms with E-state index in [1.165, 1.54) is 0 Å². The average Bonchev–Trinajstić information content (AvgIpc) is 2.94. The van der Waals surface area contributed by atoms with Crippen LogP contribution in [0.2, 0.25) is 0 Å². The summed E-state index contributed by atoms with van der Waals surface area (Å²) in [7, 11) is 0. The molecule has 0 aliphatic carbocycles. The molecule has 0 bridgehead atoms. The molecule has 20 heavy (non-hydrogen) atoms. The van der Waals surface area contributed by atoms with E-state index in [4.69, 9.17) is 14.5 Å². The zero-order valence-electron chi connectivity index (χ0n) is 11.2. The second kappa shape index (κ2) is 5.33. The quantitative estimate of drug-likeness (QED) is 0.856. The Morgan fingerprint density at radius 2 is 2.30 bits per heavy atom. The summed E-state index contributed by atoms with van der Waals surface area (Å²) >= 11 is 0. The van der Waals surface area contributed by atoms with Gasteiger partial charge in [-0.1, -0.05) is 23.4 Å². The Kier molecular flexibility index (Phi) is 3.38. The minimum atomic E-state index is -0.120. The number of ether oxygens (including phenoxy) is 1. The number of aromatic nitrogens is 2. The van der Waals surface area contributed by atoms with Gasteiger partial charge in [-0.25, -0.2) is 0 Å². The first-order valence-electron chi connectivity index (χ1n) is 6.71. The maximum Gasteiger partial charge on any atom is 0.227 e. The van der Waals surface area contributed by atoms with E-state index < -0.39 is 0 Å². The van der Waals surface area contributed by atoms with E-state index in [-0.39, 0.29) is 11.8 Å². The van der Waals surface area contributed by atoms with Crippen LogP contribution in [0.15, 0.2) is 28.8 Å². The largest absolute Gasteiger partial charge is 0.493 e. The smallest absolute Gasteiger partial charge is 0.227 e. The number of benzene rings is 1. The van der Waals surface area contributed by atoms with Crippen LogP contribution in [0.25, 0.3) is 0 Å². The van der Waals surface area contributed by atoms with Gasteiger partial charge in [-0.3, -0.25) is 0 Å². The topological polar surface area (TPSA) is 71.9 Å². The zero-order chi connectivity index (χ0) is 13.9. The van der Waals surface area contributed by atoms with E-state index in [1.807, 2.05) is 31.2 Å². The van der Waals surface area contributed by atoms with Gasteiger partial charge >= 0.3 is 0 Å². The zero-order valence-corrected chi connectivity index (χ0v) is 11.2. The third kappa shape index (κ3) is 2.37. The summed E-state index contributed by atoms with van der Waals surface area (Å²) in [5.74, 6) is 2.08. The van der Waals surface area contributed by atoms with Gasteiger partial charge in [0.1, 0.15) is 5.75 Å². The van der Waals surface area contributed by atoms with Gasteiger partial charge in [-0.15, -0.1) is 0 Å². The highest BCUT2D eigenvalue weighted by Crippen LogP contribution is 2.36. The fraction of sp³-hybridized carbons (Fsp3) is 0.400. The molecule has 2 unspecified atom stereocenters. The van der Waals surface area contributed by atoms with E-state index in [0.717, 1.165) is 17.7 Å². The normalized spacial score (nSPS) is 18.7. The van der Waals surface area contributed by atoms with Crippen LogP contribution in [0.5, 0.6) is 5.75 Å². The fourth-order valence-electron chi connectivity index (χ4n) is 2.41. The van der Waals surface area contributed by atoms with Crippen molar-refractivity contribution in [2.24, 2.45) is 5.92 Å². The van der Waals surface area contributed by atoms with Crippen LogP contribution in [0.3, 0.4) is 0 Å². The van der Waals surface area contributed by atoms with Crippen molar-refractivity contribution in [2.75, 3.05) is 6.61 Å². The first-order valence-corrected chi connectivity index (χ1v) is 6.71. The average molecular weight is 269 g/mol. The molecule has 0 saturated carbocycles. The van der Waals surface area contributed by atoms with Gasteiger partial charge < -0.3 is 9.26 Å². The van der Waals surface area contributed by atoms with Crippen molar-refractivity contribution in [3.8, 4) is 11.8 Å². The minimum Gasteiger partial charge on any atom is -0.493 e. The molecule has 3 rings (SSSR count). The number of fused-ring (bicyclic) bond motifs is 1. The van der Waals surface area contributed by atoms with Crippen molar-refractivity contribution in [3.05, 3.63) is 41.5 Å². The molecule has 102 valence electrons. The van der Waals surface area contributed by atoms with E-state index in [9.17, 15) is 0 Å². The first kappa shape index (κ1) is 12.7. The molecule has 0 amide bonds. The lowest BCUT2D eigenvalue weighted by Crippen LogP contribution is -2.16. The van der Waals surface area contributed by atoms with E-state index in [0.29, 0.717) is 24.7 Å². The number of hydrogen-bond acceptors (Lipinski definition) is 5. The minimum absolute atomic E-state index is 0.106. The number of para-hydroxylation sites is 1. The van der Waals surface area contributed by atoms with Gasteiger partial charge in [-0.2, -0.15) is 10.2 Å². The Hall–Kier alpha value is -2.35. The molecular weight excluding hydrogens is 254 g/mol. The molecule has 2 atom stereocenters. The van der Waals surface area contributed by atoms with E-state index in [1.54, 1.807) is 0 Å². The maximum absolute atomic E-state index is 8.83. The Balaban J connectivity index is 1.86. The fourth-order valence-corrected chi connectivity index (χ4v) is 2.41. The van der Waals surface area contributed by atoms with Gasteiger partial charge in [0.25, 0.3) is 0 Å². The van der Waals surface area contributed by atoms with Crippen molar-refractivity contribution in [2.45, 2.75) is 25.7 Å². The summed E-state index contributed by atoms with van der Waals surface area (Å²) in [6.45, 7) is 2.49. The number of hydrogen-bond donors (Lipinski definition) is 0. The van der Waals surface area contributed by atoms with Gasteiger partial charge in [0, 0.05) is 12.0 Å². The van der Waals surface area contributed by atoms with Crippen molar-refractivity contribution in [1.29, 1.82) is 5.26 Å². The van der Waals surface area contributed by atoms with Crippen molar-refractivity contribution in [1.82, 2.24) is 10.1 Å². The van der Waals surface area contributed by atoms with E-state index >= 15 is 0 Å². The highest BCUT2D eigenvalue weighted by molar-refractivity contribution is 5.40. The molecule has 1 aliphatic rings. The lowest BCUT2D eigenvalue weighted by atomic mass is 9.92. The van der Waals surface area contributed by atoms with Crippen molar-refractivity contribution < 1.29 is 9.26 Å². The number of nitriles is 1. The molecule has 1 aromatic carbocycles. The molecule has 0 saturated heterocycles. The van der Waals surface area contributed by atoms with Crippen LogP contribution < -0.4 is 4.74 Å². The summed E-state index contributed by atoms with van der Waals surface area (Å²) in [5, 5.41) is 12.9. The van der Waals surface area contributed by atoms with Crippen molar-refractivity contribution in [3.63, 3.8) is 0 Å². The molecule has 0 radical (unpaired) electrons. The van der Waals surface area contributed by atoms with Crippen LogP contribution in [0.4, 0.5) is 0 Å². The molecule has 0 N–H and O–H groups in total. The van der Waals surface area contributed by atoms with Crippen LogP contribution in [-0.2, 0) is 6.42 Å². The first-order chi connectivity index (χ1) is 9.78. The summed E-state index contributed by atoms with van der Waals surface area (Å²) in [6, 6.07) is 10.1. The lowest BCUT2D eigenvalue weighted by Gasteiger charge is -2.23. The SMILES string of the molecule is CC(C#N)Cc1nc(C2CCOc3ccccc32)no1. The van der Waals surface area contributed by atoms with Crippen LogP contribution in [0.1, 0.15) is 36.5 Å². The molecule has 1 aliphatic heterocycles. The Bertz CT molecular complexity index is 645. The van der Waals surface area contributed by atoms with Gasteiger partial charge in [0.2, 0.25) is 5.89 Å². The molecule has 5 nitrogen and oxygen atoms in total. The maximum atomic E-state index is 8.83. The van der Waals surface area contributed by atoms with E-state index in [2.05, 4.69) is 16.2 Å². The van der Waals surface area contributed by atoms with Gasteiger partial charge in [0.05, 0.1) is 24.5 Å². The molecule has 2 aromatic rings. The third-order valence-electron chi connectivity index (χ3n) is 3.46. The Labute approximate surface area is 117 Å². The number of nitrogens with zero attached hydrogens (tertiary/aromatic N) is 3. The molecule has 5 heteroatoms. The molecule has 0 spiro atoms. The Morgan fingerprint density at radius 3 is 3.15 bits per heavy atom. The second-order valence-corrected chi connectivity index (χ2v) is 5.01. The molecule has 0 fully saturated rings. The predicted octanol–water partition coefficient (Wildman–Crippen LogP) is 2.69. The van der Waals surface area contributed by atoms with Gasteiger partial charge in [0.15, 0.2) is 5.82 Å².